The average molecular weight is 405 g/mol. The molecule has 1 unspecified atom stereocenters. The van der Waals surface area contributed by atoms with Crippen LogP contribution in [0.1, 0.15) is 35.5 Å². The number of anilines is 1. The summed E-state index contributed by atoms with van der Waals surface area (Å²) in [4.78, 5) is 9.82. The molecule has 0 fully saturated rings. The molecule has 5 rings (SSSR count). The van der Waals surface area contributed by atoms with E-state index in [0.717, 1.165) is 59.6 Å². The van der Waals surface area contributed by atoms with Crippen LogP contribution in [0.5, 0.6) is 0 Å². The predicted molar refractivity (Wildman–Crippen MR) is 113 cm³/mol. The third-order valence-electron chi connectivity index (χ3n) is 6.02. The second kappa shape index (κ2) is 7.57. The number of rotatable bonds is 5. The van der Waals surface area contributed by atoms with E-state index < -0.39 is 5.41 Å². The lowest BCUT2D eigenvalue weighted by Crippen LogP contribution is -2.36. The van der Waals surface area contributed by atoms with Gasteiger partial charge in [-0.3, -0.25) is 0 Å². The van der Waals surface area contributed by atoms with Crippen molar-refractivity contribution in [2.24, 2.45) is 0 Å². The van der Waals surface area contributed by atoms with E-state index in [1.165, 1.54) is 12.1 Å². The molecule has 2 aromatic rings. The zero-order chi connectivity index (χ0) is 20.6. The van der Waals surface area contributed by atoms with Crippen LogP contribution in [0.4, 0.5) is 10.2 Å². The first-order valence-corrected chi connectivity index (χ1v) is 10.3. The van der Waals surface area contributed by atoms with E-state index in [1.807, 2.05) is 30.5 Å². The third kappa shape index (κ3) is 3.15. The number of benzene rings is 1. The molecule has 30 heavy (non-hydrogen) atoms. The van der Waals surface area contributed by atoms with E-state index in [0.29, 0.717) is 12.4 Å². The fraction of sp³-hybridized carbons (Fsp3) is 0.304. The number of hydrogen-bond donors (Lipinski definition) is 4. The van der Waals surface area contributed by atoms with Crippen LogP contribution in [0.2, 0.25) is 0 Å². The van der Waals surface area contributed by atoms with Gasteiger partial charge in [-0.2, -0.15) is 0 Å². The van der Waals surface area contributed by atoms with Crippen molar-refractivity contribution in [1.82, 2.24) is 20.8 Å². The quantitative estimate of drug-likeness (QED) is 0.613. The maximum atomic E-state index is 13.6. The normalized spacial score (nSPS) is 21.7. The highest BCUT2D eigenvalue weighted by Crippen LogP contribution is 2.40. The molecule has 1 atom stereocenters. The first kappa shape index (κ1) is 18.8. The fourth-order valence-electron chi connectivity index (χ4n) is 4.41. The first-order valence-electron chi connectivity index (χ1n) is 10.3. The molecular formula is C23H24FN5O. The average Bonchev–Trinajstić information content (AvgIpc) is 3.27. The van der Waals surface area contributed by atoms with Crippen LogP contribution in [0.25, 0.3) is 0 Å². The van der Waals surface area contributed by atoms with E-state index in [9.17, 15) is 9.50 Å². The highest BCUT2D eigenvalue weighted by Gasteiger charge is 2.42. The topological polar surface area (TPSA) is 82.1 Å². The van der Waals surface area contributed by atoms with Gasteiger partial charge in [-0.05, 0) is 49.5 Å². The molecule has 0 saturated heterocycles. The van der Waals surface area contributed by atoms with Gasteiger partial charge in [0.1, 0.15) is 22.9 Å². The monoisotopic (exact) mass is 405 g/mol. The Bertz CT molecular complexity index is 1080. The lowest BCUT2D eigenvalue weighted by molar-refractivity contribution is 0.239. The van der Waals surface area contributed by atoms with Gasteiger partial charge in [0.25, 0.3) is 0 Å². The van der Waals surface area contributed by atoms with Crippen LogP contribution in [0.3, 0.4) is 0 Å². The van der Waals surface area contributed by atoms with Gasteiger partial charge in [0.15, 0.2) is 0 Å². The van der Waals surface area contributed by atoms with E-state index in [4.69, 9.17) is 9.97 Å². The van der Waals surface area contributed by atoms with Crippen LogP contribution >= 0.6 is 0 Å². The van der Waals surface area contributed by atoms with E-state index in [-0.39, 0.29) is 12.4 Å². The van der Waals surface area contributed by atoms with Crippen molar-refractivity contribution in [2.45, 2.75) is 37.6 Å². The first-order chi connectivity index (χ1) is 14.7. The van der Waals surface area contributed by atoms with Crippen LogP contribution in [-0.2, 0) is 24.8 Å². The largest absolute Gasteiger partial charge is 0.395 e. The van der Waals surface area contributed by atoms with Crippen LogP contribution < -0.4 is 16.2 Å². The molecule has 2 heterocycles. The van der Waals surface area contributed by atoms with Crippen molar-refractivity contribution < 1.29 is 9.50 Å². The molecule has 7 heteroatoms. The van der Waals surface area contributed by atoms with Crippen molar-refractivity contribution in [3.8, 4) is 0 Å². The lowest BCUT2D eigenvalue weighted by atomic mass is 9.76. The van der Waals surface area contributed by atoms with Crippen molar-refractivity contribution in [3.05, 3.63) is 88.4 Å². The number of fused-ring (bicyclic) bond motifs is 2. The summed E-state index contributed by atoms with van der Waals surface area (Å²) in [5.41, 5.74) is 10.1. The molecule has 0 radical (unpaired) electrons. The Morgan fingerprint density at radius 3 is 2.97 bits per heavy atom. The SMILES string of the molecule is OCC1(c2nc3c(c(NCc4cccc(F)c4)n2)CCCC3)C=CC=C2NNC=C21. The minimum atomic E-state index is -0.817. The molecule has 1 aromatic heterocycles. The molecule has 0 amide bonds. The van der Waals surface area contributed by atoms with Gasteiger partial charge < -0.3 is 21.3 Å². The highest BCUT2D eigenvalue weighted by molar-refractivity contribution is 5.56. The minimum Gasteiger partial charge on any atom is -0.395 e. The summed E-state index contributed by atoms with van der Waals surface area (Å²) in [7, 11) is 0. The van der Waals surface area contributed by atoms with E-state index in [1.54, 1.807) is 6.07 Å². The molecular weight excluding hydrogens is 381 g/mol. The Morgan fingerprint density at radius 1 is 1.20 bits per heavy atom. The molecule has 3 aliphatic rings. The van der Waals surface area contributed by atoms with Gasteiger partial charge in [0, 0.05) is 29.6 Å². The number of aryl methyl sites for hydroxylation is 1. The van der Waals surface area contributed by atoms with Crippen molar-refractivity contribution >= 4 is 5.82 Å². The summed E-state index contributed by atoms with van der Waals surface area (Å²) < 4.78 is 13.6. The summed E-state index contributed by atoms with van der Waals surface area (Å²) in [5.74, 6) is 1.10. The molecule has 0 saturated carbocycles. The Kier molecular flexibility index (Phi) is 4.75. The molecule has 0 spiro atoms. The second-order valence-electron chi connectivity index (χ2n) is 7.91. The number of nitrogens with zero attached hydrogens (tertiary/aromatic N) is 2. The number of nitrogens with one attached hydrogen (secondary N) is 3. The van der Waals surface area contributed by atoms with Gasteiger partial charge >= 0.3 is 0 Å². The standard InChI is InChI=1S/C23H24FN5O/c24-16-6-3-5-15(11-16)12-25-21-17-7-1-2-8-19(17)27-22(28-21)23(14-30)10-4-9-20-18(23)13-26-29-20/h3-6,9-11,13,26,29-30H,1-2,7-8,12,14H2,(H,25,27,28). The Balaban J connectivity index is 1.56. The minimum absolute atomic E-state index is 0.141. The summed E-state index contributed by atoms with van der Waals surface area (Å²) in [6.07, 6.45) is 11.7. The zero-order valence-electron chi connectivity index (χ0n) is 16.6. The number of hydrogen-bond acceptors (Lipinski definition) is 6. The smallest absolute Gasteiger partial charge is 0.147 e. The van der Waals surface area contributed by atoms with Crippen LogP contribution in [0, 0.1) is 5.82 Å². The molecule has 2 aliphatic carbocycles. The molecule has 1 aromatic carbocycles. The fourth-order valence-corrected chi connectivity index (χ4v) is 4.41. The zero-order valence-corrected chi connectivity index (χ0v) is 16.6. The van der Waals surface area contributed by atoms with Crippen LogP contribution in [-0.4, -0.2) is 21.7 Å². The maximum Gasteiger partial charge on any atom is 0.147 e. The highest BCUT2D eigenvalue weighted by atomic mass is 19.1. The molecule has 4 N–H and O–H groups in total. The Morgan fingerprint density at radius 2 is 2.10 bits per heavy atom. The summed E-state index contributed by atoms with van der Waals surface area (Å²) in [6, 6.07) is 6.57. The van der Waals surface area contributed by atoms with Crippen molar-refractivity contribution in [2.75, 3.05) is 11.9 Å². The van der Waals surface area contributed by atoms with E-state index >= 15 is 0 Å². The van der Waals surface area contributed by atoms with Crippen molar-refractivity contribution in [3.63, 3.8) is 0 Å². The summed E-state index contributed by atoms with van der Waals surface area (Å²) in [5, 5.41) is 13.9. The number of aromatic nitrogens is 2. The molecule has 0 bridgehead atoms. The number of aliphatic hydroxyl groups is 1. The second-order valence-corrected chi connectivity index (χ2v) is 7.91. The molecule has 154 valence electrons. The lowest BCUT2D eigenvalue weighted by Gasteiger charge is -2.32. The summed E-state index contributed by atoms with van der Waals surface area (Å²) >= 11 is 0. The number of aliphatic hydroxyl groups excluding tert-OH is 1. The number of allylic oxidation sites excluding steroid dienone is 3. The predicted octanol–water partition coefficient (Wildman–Crippen LogP) is 2.78. The Hall–Kier alpha value is -3.19. The van der Waals surface area contributed by atoms with Crippen LogP contribution in [0.15, 0.2) is 60.0 Å². The van der Waals surface area contributed by atoms with E-state index in [2.05, 4.69) is 16.2 Å². The van der Waals surface area contributed by atoms with Gasteiger partial charge in [-0.1, -0.05) is 24.3 Å². The molecule has 1 aliphatic heterocycles. The molecule has 6 nitrogen and oxygen atoms in total. The van der Waals surface area contributed by atoms with Crippen molar-refractivity contribution in [1.29, 1.82) is 0 Å². The number of halogens is 1. The number of hydrazine groups is 1. The Labute approximate surface area is 174 Å². The van der Waals surface area contributed by atoms with Gasteiger partial charge in [-0.15, -0.1) is 0 Å². The maximum absolute atomic E-state index is 13.6. The van der Waals surface area contributed by atoms with Gasteiger partial charge in [-0.25, -0.2) is 14.4 Å². The summed E-state index contributed by atoms with van der Waals surface area (Å²) in [6.45, 7) is 0.331. The third-order valence-corrected chi connectivity index (χ3v) is 6.02. The van der Waals surface area contributed by atoms with Gasteiger partial charge in [0.2, 0.25) is 0 Å². The van der Waals surface area contributed by atoms with Gasteiger partial charge in [0.05, 0.1) is 12.3 Å².